The van der Waals surface area contributed by atoms with E-state index in [2.05, 4.69) is 38.3 Å². The van der Waals surface area contributed by atoms with Crippen LogP contribution in [0.25, 0.3) is 6.08 Å². The maximum Gasteiger partial charge on any atom is 0.255 e. The van der Waals surface area contributed by atoms with Crippen molar-refractivity contribution in [3.05, 3.63) is 90.1 Å². The van der Waals surface area contributed by atoms with Crippen LogP contribution in [0.15, 0.2) is 79.0 Å². The molecule has 0 unspecified atom stereocenters. The molecule has 1 aliphatic rings. The Bertz CT molecular complexity index is 1030. The number of nitrogens with one attached hydrogen (secondary N) is 1. The zero-order valence-electron chi connectivity index (χ0n) is 17.4. The first-order chi connectivity index (χ1) is 15.2. The Morgan fingerprint density at radius 2 is 1.71 bits per heavy atom. The Kier molecular flexibility index (Phi) is 6.59. The van der Waals surface area contributed by atoms with Gasteiger partial charge in [-0.2, -0.15) is 0 Å². The second-order valence-corrected chi connectivity index (χ2v) is 7.54. The van der Waals surface area contributed by atoms with Crippen molar-refractivity contribution in [1.82, 2.24) is 9.88 Å². The van der Waals surface area contributed by atoms with Crippen LogP contribution in [-0.2, 0) is 0 Å². The lowest BCUT2D eigenvalue weighted by Gasteiger charge is -2.34. The van der Waals surface area contributed by atoms with Gasteiger partial charge in [0.15, 0.2) is 0 Å². The van der Waals surface area contributed by atoms with Gasteiger partial charge in [-0.05, 0) is 42.0 Å². The average Bonchev–Trinajstić information content (AvgIpc) is 2.82. The topological polar surface area (TPSA) is 74.5 Å². The highest BCUT2D eigenvalue weighted by Crippen LogP contribution is 2.18. The molecule has 3 aromatic rings. The summed E-state index contributed by atoms with van der Waals surface area (Å²) >= 11 is 0. The van der Waals surface area contributed by atoms with Crippen LogP contribution in [0.1, 0.15) is 15.9 Å². The first-order valence-corrected chi connectivity index (χ1v) is 10.5. The molecule has 0 saturated carbocycles. The van der Waals surface area contributed by atoms with Crippen molar-refractivity contribution >= 4 is 29.2 Å². The normalized spacial score (nSPS) is 14.6. The van der Waals surface area contributed by atoms with Crippen molar-refractivity contribution in [2.24, 2.45) is 0 Å². The first-order valence-electron chi connectivity index (χ1n) is 10.5. The van der Waals surface area contributed by atoms with Gasteiger partial charge in [0, 0.05) is 44.5 Å². The van der Waals surface area contributed by atoms with Crippen LogP contribution in [0.3, 0.4) is 0 Å². The van der Waals surface area contributed by atoms with E-state index >= 15 is 0 Å². The molecule has 2 heterocycles. The lowest BCUT2D eigenvalue weighted by molar-refractivity contribution is 0.102. The minimum absolute atomic E-state index is 0.167. The number of rotatable bonds is 6. The Labute approximate surface area is 183 Å². The standard InChI is InChI=1S/C25H27N5O/c26-22-7-1-2-8-23(22)28-25(31)21-12-10-20(11-13-21)6-5-15-29-16-18-30(19-17-29)24-9-3-4-14-27-24/h1-14H,15-19,26H2,(H,28,31). The lowest BCUT2D eigenvalue weighted by atomic mass is 10.1. The molecule has 1 saturated heterocycles. The number of carbonyl (C=O) groups is 1. The van der Waals surface area contributed by atoms with Crippen LogP contribution in [0.4, 0.5) is 17.2 Å². The summed E-state index contributed by atoms with van der Waals surface area (Å²) in [6, 6.07) is 20.9. The second kappa shape index (κ2) is 9.91. The number of nitrogen functional groups attached to an aromatic ring is 1. The SMILES string of the molecule is Nc1ccccc1NC(=O)c1ccc(C=CCN2CCN(c3ccccn3)CC2)cc1. The van der Waals surface area contributed by atoms with E-state index in [1.807, 2.05) is 54.7 Å². The molecule has 1 aromatic heterocycles. The summed E-state index contributed by atoms with van der Waals surface area (Å²) in [6.45, 7) is 4.91. The predicted octanol–water partition coefficient (Wildman–Crippen LogP) is 3.75. The zero-order chi connectivity index (χ0) is 21.5. The number of benzene rings is 2. The van der Waals surface area contributed by atoms with Gasteiger partial charge >= 0.3 is 0 Å². The minimum Gasteiger partial charge on any atom is -0.397 e. The van der Waals surface area contributed by atoms with Gasteiger partial charge in [0.1, 0.15) is 5.82 Å². The van der Waals surface area contributed by atoms with E-state index in [1.54, 1.807) is 12.1 Å². The Hall–Kier alpha value is -3.64. The number of amides is 1. The Morgan fingerprint density at radius 3 is 2.42 bits per heavy atom. The van der Waals surface area contributed by atoms with Crippen LogP contribution in [0, 0.1) is 0 Å². The van der Waals surface area contributed by atoms with Gasteiger partial charge in [0.2, 0.25) is 0 Å². The Morgan fingerprint density at radius 1 is 0.968 bits per heavy atom. The fourth-order valence-corrected chi connectivity index (χ4v) is 3.59. The molecule has 0 bridgehead atoms. The highest BCUT2D eigenvalue weighted by atomic mass is 16.1. The number of carbonyl (C=O) groups excluding carboxylic acids is 1. The average molecular weight is 414 g/mol. The van der Waals surface area contributed by atoms with Crippen molar-refractivity contribution in [2.75, 3.05) is 48.7 Å². The fraction of sp³-hybridized carbons (Fsp3) is 0.200. The molecule has 2 aromatic carbocycles. The molecule has 6 heteroatoms. The van der Waals surface area contributed by atoms with E-state index in [0.717, 1.165) is 44.1 Å². The molecule has 4 rings (SSSR count). The van der Waals surface area contributed by atoms with Crippen molar-refractivity contribution in [2.45, 2.75) is 0 Å². The molecule has 3 N–H and O–H groups in total. The van der Waals surface area contributed by atoms with Crippen LogP contribution in [0.2, 0.25) is 0 Å². The van der Waals surface area contributed by atoms with Crippen LogP contribution < -0.4 is 16.0 Å². The summed E-state index contributed by atoms with van der Waals surface area (Å²) in [7, 11) is 0. The monoisotopic (exact) mass is 413 g/mol. The van der Waals surface area contributed by atoms with Crippen molar-refractivity contribution < 1.29 is 4.79 Å². The van der Waals surface area contributed by atoms with Gasteiger partial charge in [-0.1, -0.05) is 42.5 Å². The summed E-state index contributed by atoms with van der Waals surface area (Å²) < 4.78 is 0. The Balaban J connectivity index is 1.25. The predicted molar refractivity (Wildman–Crippen MR) is 127 cm³/mol. The van der Waals surface area contributed by atoms with Crippen molar-refractivity contribution in [3.8, 4) is 0 Å². The number of hydrogen-bond acceptors (Lipinski definition) is 5. The summed E-state index contributed by atoms with van der Waals surface area (Å²) in [5, 5.41) is 2.85. The molecule has 158 valence electrons. The molecule has 0 atom stereocenters. The molecule has 1 aliphatic heterocycles. The molecular weight excluding hydrogens is 386 g/mol. The van der Waals surface area contributed by atoms with Crippen LogP contribution in [0.5, 0.6) is 0 Å². The second-order valence-electron chi connectivity index (χ2n) is 7.54. The number of para-hydroxylation sites is 2. The van der Waals surface area contributed by atoms with Crippen molar-refractivity contribution in [1.29, 1.82) is 0 Å². The molecule has 1 fully saturated rings. The number of pyridine rings is 1. The third kappa shape index (κ3) is 5.49. The molecule has 0 aliphatic carbocycles. The van der Waals surface area contributed by atoms with E-state index < -0.39 is 0 Å². The summed E-state index contributed by atoms with van der Waals surface area (Å²) in [6.07, 6.45) is 6.12. The van der Waals surface area contributed by atoms with Gasteiger partial charge in [-0.15, -0.1) is 0 Å². The zero-order valence-corrected chi connectivity index (χ0v) is 17.4. The lowest BCUT2D eigenvalue weighted by Crippen LogP contribution is -2.46. The summed E-state index contributed by atoms with van der Waals surface area (Å²) in [5.74, 6) is 0.885. The summed E-state index contributed by atoms with van der Waals surface area (Å²) in [4.78, 5) is 21.6. The number of nitrogens with two attached hydrogens (primary N) is 1. The number of hydrogen-bond donors (Lipinski definition) is 2. The third-order valence-electron chi connectivity index (χ3n) is 5.40. The largest absolute Gasteiger partial charge is 0.397 e. The fourth-order valence-electron chi connectivity index (χ4n) is 3.59. The molecule has 1 amide bonds. The van der Waals surface area contributed by atoms with E-state index in [4.69, 9.17) is 5.73 Å². The van der Waals surface area contributed by atoms with Gasteiger partial charge in [-0.3, -0.25) is 9.69 Å². The molecule has 6 nitrogen and oxygen atoms in total. The van der Waals surface area contributed by atoms with Crippen LogP contribution >= 0.6 is 0 Å². The number of piperazine rings is 1. The van der Waals surface area contributed by atoms with Gasteiger partial charge < -0.3 is 16.0 Å². The van der Waals surface area contributed by atoms with E-state index in [0.29, 0.717) is 16.9 Å². The molecule has 31 heavy (non-hydrogen) atoms. The smallest absolute Gasteiger partial charge is 0.255 e. The summed E-state index contributed by atoms with van der Waals surface area (Å²) in [5.41, 5.74) is 8.74. The quantitative estimate of drug-likeness (QED) is 0.602. The van der Waals surface area contributed by atoms with E-state index in [9.17, 15) is 4.79 Å². The molecule has 0 spiro atoms. The molecule has 0 radical (unpaired) electrons. The minimum atomic E-state index is -0.167. The highest BCUT2D eigenvalue weighted by Gasteiger charge is 2.16. The number of anilines is 3. The van der Waals surface area contributed by atoms with Crippen LogP contribution in [-0.4, -0.2) is 48.5 Å². The first kappa shape index (κ1) is 20.6. The number of nitrogens with zero attached hydrogens (tertiary/aromatic N) is 3. The number of aromatic nitrogens is 1. The van der Waals surface area contributed by atoms with Gasteiger partial charge in [0.05, 0.1) is 11.4 Å². The third-order valence-corrected chi connectivity index (χ3v) is 5.40. The van der Waals surface area contributed by atoms with E-state index in [1.165, 1.54) is 0 Å². The maximum absolute atomic E-state index is 12.4. The highest BCUT2D eigenvalue weighted by molar-refractivity contribution is 6.05. The van der Waals surface area contributed by atoms with E-state index in [-0.39, 0.29) is 5.91 Å². The molecular formula is C25H27N5O. The van der Waals surface area contributed by atoms with Gasteiger partial charge in [0.25, 0.3) is 5.91 Å². The van der Waals surface area contributed by atoms with Crippen molar-refractivity contribution in [3.63, 3.8) is 0 Å². The maximum atomic E-state index is 12.4. The van der Waals surface area contributed by atoms with Gasteiger partial charge in [-0.25, -0.2) is 4.98 Å².